The number of anilines is 1. The molecule has 8 heteroatoms. The molecule has 0 fully saturated rings. The second-order valence-corrected chi connectivity index (χ2v) is 10.5. The summed E-state index contributed by atoms with van der Waals surface area (Å²) in [6.45, 7) is 4.23. The van der Waals surface area contributed by atoms with Crippen molar-refractivity contribution >= 4 is 51.3 Å². The smallest absolute Gasteiger partial charge is 0.227 e. The molecule has 0 spiro atoms. The number of halogens is 1. The van der Waals surface area contributed by atoms with Gasteiger partial charge in [-0.3, -0.25) is 9.78 Å². The summed E-state index contributed by atoms with van der Waals surface area (Å²) in [5.41, 5.74) is 5.66. The van der Waals surface area contributed by atoms with Crippen molar-refractivity contribution in [1.82, 2.24) is 15.0 Å². The first-order chi connectivity index (χ1) is 18.9. The van der Waals surface area contributed by atoms with Crippen LogP contribution >= 0.6 is 11.6 Å². The summed E-state index contributed by atoms with van der Waals surface area (Å²) in [6.07, 6.45) is 10.4. The highest BCUT2D eigenvalue weighted by Gasteiger charge is 2.35. The third kappa shape index (κ3) is 4.39. The summed E-state index contributed by atoms with van der Waals surface area (Å²) in [6, 6.07) is 14.9. The minimum absolute atomic E-state index is 0.0963. The lowest BCUT2D eigenvalue weighted by molar-refractivity contribution is 0.112. The van der Waals surface area contributed by atoms with Crippen LogP contribution in [-0.2, 0) is 6.61 Å². The maximum Gasteiger partial charge on any atom is 0.227 e. The number of carbonyl (C=O) groups excluding carboxylic acids is 1. The number of fused-ring (bicyclic) bond motifs is 2. The molecule has 1 aliphatic rings. The Bertz CT molecular complexity index is 1810. The number of nitrogens with one attached hydrogen (secondary N) is 1. The fourth-order valence-electron chi connectivity index (χ4n) is 5.12. The second-order valence-electron chi connectivity index (χ2n) is 10.1. The van der Waals surface area contributed by atoms with Crippen molar-refractivity contribution in [2.75, 3.05) is 5.32 Å². The molecule has 0 radical (unpaired) electrons. The lowest BCUT2D eigenvalue weighted by atomic mass is 9.71. The molecular formula is C31H25ClN4O3. The predicted molar refractivity (Wildman–Crippen MR) is 154 cm³/mol. The van der Waals surface area contributed by atoms with Gasteiger partial charge in [0.25, 0.3) is 0 Å². The Morgan fingerprint density at radius 2 is 1.92 bits per heavy atom. The fraction of sp³-hybridized carbons (Fsp3) is 0.161. The first-order valence-corrected chi connectivity index (χ1v) is 12.9. The van der Waals surface area contributed by atoms with E-state index < -0.39 is 0 Å². The molecule has 2 N–H and O–H groups in total. The van der Waals surface area contributed by atoms with Gasteiger partial charge >= 0.3 is 0 Å². The van der Waals surface area contributed by atoms with Gasteiger partial charge in [0, 0.05) is 34.3 Å². The number of pyridine rings is 2. The molecule has 3 heterocycles. The van der Waals surface area contributed by atoms with E-state index in [0.717, 1.165) is 28.4 Å². The minimum Gasteiger partial charge on any atom is -0.435 e. The van der Waals surface area contributed by atoms with Crippen LogP contribution in [0.5, 0.6) is 0 Å². The monoisotopic (exact) mass is 536 g/mol. The van der Waals surface area contributed by atoms with Crippen LogP contribution in [0.4, 0.5) is 5.82 Å². The minimum atomic E-state index is -0.333. The molecule has 1 unspecified atom stereocenters. The number of benzene rings is 2. The Hall–Kier alpha value is -4.33. The maximum absolute atomic E-state index is 11.5. The van der Waals surface area contributed by atoms with Crippen LogP contribution < -0.4 is 5.32 Å². The number of nitrogens with zero attached hydrogens (tertiary/aromatic N) is 3. The highest BCUT2D eigenvalue weighted by molar-refractivity contribution is 6.34. The summed E-state index contributed by atoms with van der Waals surface area (Å²) < 4.78 is 6.03. The molecule has 0 saturated carbocycles. The molecule has 6 rings (SSSR count). The van der Waals surface area contributed by atoms with Gasteiger partial charge in [0.15, 0.2) is 17.7 Å². The van der Waals surface area contributed by atoms with Crippen LogP contribution in [0.15, 0.2) is 83.6 Å². The summed E-state index contributed by atoms with van der Waals surface area (Å²) in [7, 11) is 0. The zero-order valence-electron chi connectivity index (χ0n) is 21.4. The molecule has 5 aromatic rings. The standard InChI is InChI=1S/C31H25ClN4O3/c1-31(2)23(7-4-8-26(31)36-29-27-22(10-12-34-29)21(17-38)9-11-33-27)19-5-3-6-20(15-19)30-35-25-14-18(16-37)13-24(32)28(25)39-30/h3-15,17,26,37H,16H2,1-2H3,(H,34,36). The summed E-state index contributed by atoms with van der Waals surface area (Å²) in [5.74, 6) is 1.08. The summed E-state index contributed by atoms with van der Waals surface area (Å²) in [4.78, 5) is 25.2. The van der Waals surface area contributed by atoms with Gasteiger partial charge in [-0.25, -0.2) is 9.97 Å². The molecule has 1 atom stereocenters. The van der Waals surface area contributed by atoms with E-state index >= 15 is 0 Å². The second kappa shape index (κ2) is 9.76. The van der Waals surface area contributed by atoms with E-state index in [0.29, 0.717) is 44.5 Å². The molecular weight excluding hydrogens is 512 g/mol. The number of aliphatic hydroxyl groups excluding tert-OH is 1. The van der Waals surface area contributed by atoms with Crippen LogP contribution in [0.1, 0.15) is 35.3 Å². The van der Waals surface area contributed by atoms with E-state index in [-0.39, 0.29) is 18.1 Å². The Morgan fingerprint density at radius 1 is 1.10 bits per heavy atom. The fourth-order valence-corrected chi connectivity index (χ4v) is 5.39. The van der Waals surface area contributed by atoms with E-state index in [1.807, 2.05) is 18.2 Å². The van der Waals surface area contributed by atoms with Gasteiger partial charge in [-0.2, -0.15) is 0 Å². The highest BCUT2D eigenvalue weighted by Crippen LogP contribution is 2.43. The van der Waals surface area contributed by atoms with Crippen molar-refractivity contribution in [3.05, 3.63) is 101 Å². The topological polar surface area (TPSA) is 101 Å². The van der Waals surface area contributed by atoms with Gasteiger partial charge < -0.3 is 14.8 Å². The number of carbonyl (C=O) groups is 1. The summed E-state index contributed by atoms with van der Waals surface area (Å²) >= 11 is 6.37. The lowest BCUT2D eigenvalue weighted by Crippen LogP contribution is -2.37. The molecule has 0 aliphatic heterocycles. The predicted octanol–water partition coefficient (Wildman–Crippen LogP) is 6.86. The van der Waals surface area contributed by atoms with Crippen molar-refractivity contribution in [1.29, 1.82) is 0 Å². The van der Waals surface area contributed by atoms with Crippen LogP contribution in [0.25, 0.3) is 39.0 Å². The van der Waals surface area contributed by atoms with Crippen LogP contribution in [0.2, 0.25) is 5.02 Å². The highest BCUT2D eigenvalue weighted by atomic mass is 35.5. The van der Waals surface area contributed by atoms with Gasteiger partial charge in [-0.1, -0.05) is 55.8 Å². The first-order valence-electron chi connectivity index (χ1n) is 12.5. The number of aldehydes is 1. The van der Waals surface area contributed by atoms with Crippen LogP contribution in [-0.4, -0.2) is 32.4 Å². The van der Waals surface area contributed by atoms with Crippen molar-refractivity contribution in [3.8, 4) is 11.5 Å². The first kappa shape index (κ1) is 25.0. The van der Waals surface area contributed by atoms with Crippen LogP contribution in [0.3, 0.4) is 0 Å². The molecule has 2 aromatic carbocycles. The number of rotatable bonds is 6. The molecule has 0 amide bonds. The maximum atomic E-state index is 11.5. The average Bonchev–Trinajstić information content (AvgIpc) is 3.39. The quantitative estimate of drug-likeness (QED) is 0.229. The van der Waals surface area contributed by atoms with E-state index in [9.17, 15) is 9.90 Å². The van der Waals surface area contributed by atoms with Gasteiger partial charge in [-0.15, -0.1) is 0 Å². The van der Waals surface area contributed by atoms with Gasteiger partial charge in [0.1, 0.15) is 11.0 Å². The Balaban J connectivity index is 1.34. The van der Waals surface area contributed by atoms with Crippen molar-refractivity contribution in [2.24, 2.45) is 5.41 Å². The molecule has 3 aromatic heterocycles. The van der Waals surface area contributed by atoms with E-state index in [4.69, 9.17) is 16.0 Å². The summed E-state index contributed by atoms with van der Waals surface area (Å²) in [5, 5.41) is 14.2. The number of hydrogen-bond donors (Lipinski definition) is 2. The normalized spacial score (nSPS) is 16.4. The zero-order valence-corrected chi connectivity index (χ0v) is 22.1. The van der Waals surface area contributed by atoms with Crippen LogP contribution in [0, 0.1) is 5.41 Å². The van der Waals surface area contributed by atoms with Gasteiger partial charge in [0.2, 0.25) is 5.89 Å². The van der Waals surface area contributed by atoms with Crippen molar-refractivity contribution < 1.29 is 14.3 Å². The van der Waals surface area contributed by atoms with E-state index in [2.05, 4.69) is 58.4 Å². The largest absolute Gasteiger partial charge is 0.435 e. The molecule has 194 valence electrons. The number of aliphatic hydroxyl groups is 1. The van der Waals surface area contributed by atoms with Gasteiger partial charge in [0.05, 0.1) is 17.7 Å². The Morgan fingerprint density at radius 3 is 2.74 bits per heavy atom. The molecule has 0 saturated heterocycles. The molecule has 39 heavy (non-hydrogen) atoms. The molecule has 0 bridgehead atoms. The molecule has 7 nitrogen and oxygen atoms in total. The van der Waals surface area contributed by atoms with E-state index in [1.54, 1.807) is 36.7 Å². The lowest BCUT2D eigenvalue weighted by Gasteiger charge is -2.38. The Labute approximate surface area is 229 Å². The SMILES string of the molecule is CC1(C)C(c2cccc(-c3nc4cc(CO)cc(Cl)c4o3)c2)=CC=CC1Nc1nccc2c(C=O)ccnc12. The number of aromatic nitrogens is 3. The average molecular weight is 537 g/mol. The zero-order chi connectivity index (χ0) is 27.1. The number of oxazole rings is 1. The van der Waals surface area contributed by atoms with Crippen molar-refractivity contribution in [2.45, 2.75) is 26.5 Å². The van der Waals surface area contributed by atoms with E-state index in [1.165, 1.54) is 0 Å². The molecule has 1 aliphatic carbocycles. The van der Waals surface area contributed by atoms with Crippen molar-refractivity contribution in [3.63, 3.8) is 0 Å². The number of hydrogen-bond acceptors (Lipinski definition) is 7. The third-order valence-corrected chi connectivity index (χ3v) is 7.54. The third-order valence-electron chi connectivity index (χ3n) is 7.26. The number of allylic oxidation sites excluding steroid dienone is 2. The van der Waals surface area contributed by atoms with Gasteiger partial charge in [-0.05, 0) is 53.1 Å². The Kier molecular flexibility index (Phi) is 6.25.